The van der Waals surface area contributed by atoms with Crippen LogP contribution in [0.3, 0.4) is 0 Å². The first-order valence-electron chi connectivity index (χ1n) is 7.20. The van der Waals surface area contributed by atoms with Gasteiger partial charge in [-0.1, -0.05) is 68.1 Å². The fourth-order valence-corrected chi connectivity index (χ4v) is 1.82. The highest BCUT2D eigenvalue weighted by atomic mass is 16.4. The van der Waals surface area contributed by atoms with E-state index in [0.29, 0.717) is 5.71 Å². The van der Waals surface area contributed by atoms with E-state index in [1.165, 1.54) is 31.9 Å². The molecule has 0 aliphatic heterocycles. The molecule has 0 fully saturated rings. The summed E-state index contributed by atoms with van der Waals surface area (Å²) in [5.74, 6) is 0. The van der Waals surface area contributed by atoms with Gasteiger partial charge in [0.1, 0.15) is 5.71 Å². The van der Waals surface area contributed by atoms with Gasteiger partial charge in [0.25, 0.3) is 0 Å². The van der Waals surface area contributed by atoms with E-state index < -0.39 is 0 Å². The van der Waals surface area contributed by atoms with E-state index in [4.69, 9.17) is 5.21 Å². The van der Waals surface area contributed by atoms with E-state index in [0.717, 1.165) is 18.4 Å². The molecule has 1 aromatic carbocycles. The lowest BCUT2D eigenvalue weighted by Crippen LogP contribution is -2.01. The molecule has 0 saturated carbocycles. The Kier molecular flexibility index (Phi) is 8.77. The van der Waals surface area contributed by atoms with E-state index in [-0.39, 0.29) is 0 Å². The zero-order valence-electron chi connectivity index (χ0n) is 12.1. The molecule has 0 heterocycles. The van der Waals surface area contributed by atoms with Crippen molar-refractivity contribution in [3.05, 3.63) is 35.9 Å². The molecule has 0 amide bonds. The van der Waals surface area contributed by atoms with Gasteiger partial charge in [-0.05, 0) is 12.8 Å². The minimum Gasteiger partial charge on any atom is -0.411 e. The van der Waals surface area contributed by atoms with Crippen molar-refractivity contribution in [2.45, 2.75) is 45.4 Å². The number of rotatable bonds is 9. The maximum Gasteiger partial charge on any atom is 0.114 e. The second-order valence-electron chi connectivity index (χ2n) is 4.60. The predicted molar refractivity (Wildman–Crippen MR) is 85.1 cm³/mol. The summed E-state index contributed by atoms with van der Waals surface area (Å²) in [7, 11) is 0. The van der Waals surface area contributed by atoms with Crippen LogP contribution in [0.4, 0.5) is 0 Å². The number of unbranched alkanes of at least 4 members (excludes halogenated alkanes) is 5. The number of nitrogens with zero attached hydrogens (tertiary/aromatic N) is 3. The van der Waals surface area contributed by atoms with Gasteiger partial charge in [-0.15, -0.1) is 5.10 Å². The molecule has 0 bridgehead atoms. The Hall–Kier alpha value is -1.97. The van der Waals surface area contributed by atoms with Crippen molar-refractivity contribution in [1.29, 1.82) is 0 Å². The van der Waals surface area contributed by atoms with Gasteiger partial charge in [0, 0.05) is 11.8 Å². The maximum atomic E-state index is 8.66. The largest absolute Gasteiger partial charge is 0.411 e. The molecule has 1 rings (SSSR count). The molecular weight excluding hydrogens is 250 g/mol. The summed E-state index contributed by atoms with van der Waals surface area (Å²) in [6.07, 6.45) is 10.3. The summed E-state index contributed by atoms with van der Waals surface area (Å²) in [5, 5.41) is 19.8. The van der Waals surface area contributed by atoms with Gasteiger partial charge in [0.15, 0.2) is 0 Å². The molecule has 20 heavy (non-hydrogen) atoms. The first kappa shape index (κ1) is 16.1. The van der Waals surface area contributed by atoms with E-state index in [1.807, 2.05) is 36.5 Å². The van der Waals surface area contributed by atoms with E-state index >= 15 is 0 Å². The Morgan fingerprint density at radius 1 is 1.10 bits per heavy atom. The Morgan fingerprint density at radius 3 is 2.55 bits per heavy atom. The minimum absolute atomic E-state index is 0.551. The first-order chi connectivity index (χ1) is 9.88. The van der Waals surface area contributed by atoms with Crippen LogP contribution in [0.1, 0.15) is 51.0 Å². The maximum absolute atomic E-state index is 8.66. The van der Waals surface area contributed by atoms with Crippen LogP contribution in [0.25, 0.3) is 0 Å². The van der Waals surface area contributed by atoms with E-state index in [2.05, 4.69) is 22.3 Å². The SMILES string of the molecule is CCCCCCC/C=N/N=C(\C=N\O)c1ccccc1. The summed E-state index contributed by atoms with van der Waals surface area (Å²) in [6.45, 7) is 2.21. The second kappa shape index (κ2) is 10.9. The molecule has 0 spiro atoms. The quantitative estimate of drug-likeness (QED) is 0.310. The molecule has 0 atom stereocenters. The number of benzene rings is 1. The molecule has 0 aliphatic rings. The van der Waals surface area contributed by atoms with Crippen molar-refractivity contribution >= 4 is 18.1 Å². The average Bonchev–Trinajstić information content (AvgIpc) is 2.50. The van der Waals surface area contributed by atoms with Crippen LogP contribution in [-0.2, 0) is 0 Å². The average molecular weight is 273 g/mol. The van der Waals surface area contributed by atoms with E-state index in [1.54, 1.807) is 0 Å². The molecular formula is C16H23N3O. The lowest BCUT2D eigenvalue weighted by molar-refractivity contribution is 0.322. The molecule has 4 heteroatoms. The van der Waals surface area contributed by atoms with Gasteiger partial charge in [-0.2, -0.15) is 5.10 Å². The lowest BCUT2D eigenvalue weighted by Gasteiger charge is -1.97. The van der Waals surface area contributed by atoms with Crippen molar-refractivity contribution in [1.82, 2.24) is 0 Å². The Balaban J connectivity index is 2.44. The normalized spacial score (nSPS) is 12.6. The van der Waals surface area contributed by atoms with Crippen LogP contribution >= 0.6 is 0 Å². The molecule has 0 saturated heterocycles. The summed E-state index contributed by atoms with van der Waals surface area (Å²) in [4.78, 5) is 0. The summed E-state index contributed by atoms with van der Waals surface area (Å²) >= 11 is 0. The van der Waals surface area contributed by atoms with Crippen LogP contribution in [0, 0.1) is 0 Å². The third-order valence-electron chi connectivity index (χ3n) is 2.93. The van der Waals surface area contributed by atoms with Crippen LogP contribution in [-0.4, -0.2) is 23.3 Å². The first-order valence-corrected chi connectivity index (χ1v) is 7.20. The highest BCUT2D eigenvalue weighted by Crippen LogP contribution is 2.04. The van der Waals surface area contributed by atoms with Crippen molar-refractivity contribution in [2.75, 3.05) is 0 Å². The van der Waals surface area contributed by atoms with Crippen molar-refractivity contribution in [3.63, 3.8) is 0 Å². The van der Waals surface area contributed by atoms with Crippen LogP contribution in [0.2, 0.25) is 0 Å². The van der Waals surface area contributed by atoms with Crippen molar-refractivity contribution in [2.24, 2.45) is 15.4 Å². The van der Waals surface area contributed by atoms with Gasteiger partial charge < -0.3 is 5.21 Å². The molecule has 0 unspecified atom stereocenters. The van der Waals surface area contributed by atoms with Crippen LogP contribution in [0.5, 0.6) is 0 Å². The zero-order chi connectivity index (χ0) is 14.5. The van der Waals surface area contributed by atoms with Crippen molar-refractivity contribution in [3.8, 4) is 0 Å². The third-order valence-corrected chi connectivity index (χ3v) is 2.93. The van der Waals surface area contributed by atoms with Gasteiger partial charge in [-0.25, -0.2) is 0 Å². The Morgan fingerprint density at radius 2 is 1.85 bits per heavy atom. The highest BCUT2D eigenvalue weighted by molar-refractivity contribution is 6.38. The monoisotopic (exact) mass is 273 g/mol. The molecule has 0 aromatic heterocycles. The molecule has 0 aliphatic carbocycles. The summed E-state index contributed by atoms with van der Waals surface area (Å²) in [6, 6.07) is 9.55. The number of oxime groups is 1. The number of hydrogen-bond donors (Lipinski definition) is 1. The zero-order valence-corrected chi connectivity index (χ0v) is 12.1. The lowest BCUT2D eigenvalue weighted by atomic mass is 10.1. The van der Waals surface area contributed by atoms with Gasteiger partial charge in [-0.3, -0.25) is 0 Å². The second-order valence-corrected chi connectivity index (χ2v) is 4.60. The predicted octanol–water partition coefficient (Wildman–Crippen LogP) is 4.28. The molecule has 4 nitrogen and oxygen atoms in total. The smallest absolute Gasteiger partial charge is 0.114 e. The third kappa shape index (κ3) is 6.83. The fourth-order valence-electron chi connectivity index (χ4n) is 1.82. The Bertz CT molecular complexity index is 438. The Labute approximate surface area is 120 Å². The molecule has 108 valence electrons. The van der Waals surface area contributed by atoms with Gasteiger partial charge in [0.05, 0.1) is 6.21 Å². The van der Waals surface area contributed by atoms with E-state index in [9.17, 15) is 0 Å². The molecule has 1 N–H and O–H groups in total. The summed E-state index contributed by atoms with van der Waals surface area (Å²) in [5.41, 5.74) is 1.43. The molecule has 0 radical (unpaired) electrons. The molecule has 1 aromatic rings. The number of hydrogen-bond acceptors (Lipinski definition) is 4. The van der Waals surface area contributed by atoms with Crippen LogP contribution in [0.15, 0.2) is 45.7 Å². The van der Waals surface area contributed by atoms with Gasteiger partial charge >= 0.3 is 0 Å². The van der Waals surface area contributed by atoms with Crippen molar-refractivity contribution < 1.29 is 5.21 Å². The fraction of sp³-hybridized carbons (Fsp3) is 0.438. The summed E-state index contributed by atoms with van der Waals surface area (Å²) < 4.78 is 0. The standard InChI is InChI=1S/C16H23N3O/c1-2-3-4-5-6-10-13-17-19-16(14-18-20)15-11-8-7-9-12-15/h7-9,11-14,20H,2-6,10H2,1H3/b17-13+,18-14+,19-16+. The van der Waals surface area contributed by atoms with Crippen LogP contribution < -0.4 is 0 Å². The highest BCUT2D eigenvalue weighted by Gasteiger charge is 1.98. The van der Waals surface area contributed by atoms with Gasteiger partial charge in [0.2, 0.25) is 0 Å². The minimum atomic E-state index is 0.551. The topological polar surface area (TPSA) is 57.3 Å².